The average molecular weight is 428 g/mol. The molecular formula is C23H29N3O3S. The lowest BCUT2D eigenvalue weighted by atomic mass is 9.98. The number of fused-ring (bicyclic) bond motifs is 1. The maximum Gasteiger partial charge on any atom is 0.263 e. The highest BCUT2D eigenvalue weighted by atomic mass is 32.2. The summed E-state index contributed by atoms with van der Waals surface area (Å²) in [5, 5.41) is 2.99. The van der Waals surface area contributed by atoms with Crippen LogP contribution in [-0.4, -0.2) is 32.7 Å². The summed E-state index contributed by atoms with van der Waals surface area (Å²) in [5.41, 5.74) is 1.76. The predicted molar refractivity (Wildman–Crippen MR) is 119 cm³/mol. The van der Waals surface area contributed by atoms with Crippen LogP contribution in [0.15, 0.2) is 64.5 Å². The van der Waals surface area contributed by atoms with E-state index in [1.165, 1.54) is 5.56 Å². The Morgan fingerprint density at radius 2 is 1.77 bits per heavy atom. The van der Waals surface area contributed by atoms with E-state index in [9.17, 15) is 13.2 Å². The van der Waals surface area contributed by atoms with Gasteiger partial charge in [0.25, 0.3) is 10.0 Å². The van der Waals surface area contributed by atoms with E-state index in [1.54, 1.807) is 24.3 Å². The van der Waals surface area contributed by atoms with Crippen molar-refractivity contribution in [3.05, 3.63) is 65.7 Å². The molecule has 6 nitrogen and oxygen atoms in total. The van der Waals surface area contributed by atoms with E-state index in [0.717, 1.165) is 19.3 Å². The maximum absolute atomic E-state index is 12.8. The normalized spacial score (nSPS) is 17.7. The van der Waals surface area contributed by atoms with Crippen molar-refractivity contribution >= 4 is 21.8 Å². The van der Waals surface area contributed by atoms with E-state index in [2.05, 4.69) is 41.0 Å². The van der Waals surface area contributed by atoms with Crippen LogP contribution in [0.3, 0.4) is 0 Å². The van der Waals surface area contributed by atoms with Crippen LogP contribution in [0.2, 0.25) is 0 Å². The lowest BCUT2D eigenvalue weighted by Crippen LogP contribution is -2.36. The summed E-state index contributed by atoms with van der Waals surface area (Å²) >= 11 is 0. The lowest BCUT2D eigenvalue weighted by molar-refractivity contribution is -0.122. The fourth-order valence-corrected chi connectivity index (χ4v) is 4.75. The third kappa shape index (κ3) is 5.27. The zero-order valence-corrected chi connectivity index (χ0v) is 18.3. The van der Waals surface area contributed by atoms with Crippen molar-refractivity contribution in [2.45, 2.75) is 56.4 Å². The molecule has 160 valence electrons. The summed E-state index contributed by atoms with van der Waals surface area (Å²) in [4.78, 5) is 17.6. The molecule has 3 rings (SSSR count). The minimum Gasteiger partial charge on any atom is -0.354 e. The third-order valence-corrected chi connectivity index (χ3v) is 6.72. The summed E-state index contributed by atoms with van der Waals surface area (Å²) in [6, 6.07) is 16.3. The Labute approximate surface area is 178 Å². The van der Waals surface area contributed by atoms with E-state index in [-0.39, 0.29) is 16.6 Å². The highest BCUT2D eigenvalue weighted by molar-refractivity contribution is 7.90. The Morgan fingerprint density at radius 3 is 2.50 bits per heavy atom. The zero-order chi connectivity index (χ0) is 21.6. The zero-order valence-electron chi connectivity index (χ0n) is 17.5. The Balaban J connectivity index is 1.68. The Kier molecular flexibility index (Phi) is 7.26. The van der Waals surface area contributed by atoms with Gasteiger partial charge in [0.2, 0.25) is 5.91 Å². The molecule has 0 aliphatic carbocycles. The number of hydrogen-bond acceptors (Lipinski definition) is 4. The van der Waals surface area contributed by atoms with Crippen LogP contribution in [0, 0.1) is 0 Å². The van der Waals surface area contributed by atoms with Crippen LogP contribution >= 0.6 is 0 Å². The Morgan fingerprint density at radius 1 is 1.07 bits per heavy atom. The molecule has 30 heavy (non-hydrogen) atoms. The molecule has 0 saturated carbocycles. The number of hydrogen-bond donors (Lipinski definition) is 2. The van der Waals surface area contributed by atoms with Crippen molar-refractivity contribution in [1.82, 2.24) is 10.0 Å². The first-order valence-electron chi connectivity index (χ1n) is 10.4. The highest BCUT2D eigenvalue weighted by Gasteiger charge is 2.31. The molecule has 0 saturated heterocycles. The monoisotopic (exact) mass is 427 g/mol. The van der Waals surface area contributed by atoms with Crippen molar-refractivity contribution in [2.24, 2.45) is 4.99 Å². The van der Waals surface area contributed by atoms with Gasteiger partial charge in [-0.1, -0.05) is 69.2 Å². The Hall–Kier alpha value is -2.67. The molecule has 2 unspecified atom stereocenters. The van der Waals surface area contributed by atoms with Gasteiger partial charge in [0.05, 0.1) is 4.90 Å². The van der Waals surface area contributed by atoms with Gasteiger partial charge in [0.15, 0.2) is 0 Å². The smallest absolute Gasteiger partial charge is 0.263 e. The minimum atomic E-state index is -3.62. The molecule has 0 spiro atoms. The summed E-state index contributed by atoms with van der Waals surface area (Å²) in [5.74, 6) is 0.416. The van der Waals surface area contributed by atoms with Gasteiger partial charge in [0.1, 0.15) is 11.9 Å². The molecule has 7 heteroatoms. The summed E-state index contributed by atoms with van der Waals surface area (Å²) in [6.45, 7) is 4.74. The van der Waals surface area contributed by atoms with Crippen molar-refractivity contribution in [3.8, 4) is 0 Å². The first-order valence-corrected chi connectivity index (χ1v) is 11.9. The lowest BCUT2D eigenvalue weighted by Gasteiger charge is -2.16. The van der Waals surface area contributed by atoms with Crippen LogP contribution in [0.1, 0.15) is 56.6 Å². The number of aliphatic imine (C=N–C) groups is 1. The molecule has 2 N–H and O–H groups in total. The van der Waals surface area contributed by atoms with Crippen LogP contribution in [-0.2, 0) is 14.8 Å². The largest absolute Gasteiger partial charge is 0.354 e. The molecule has 1 amide bonds. The summed E-state index contributed by atoms with van der Waals surface area (Å²) in [7, 11) is -3.62. The molecule has 2 atom stereocenters. The number of carbonyl (C=O) groups is 1. The van der Waals surface area contributed by atoms with Crippen LogP contribution in [0.5, 0.6) is 0 Å². The summed E-state index contributed by atoms with van der Waals surface area (Å²) < 4.78 is 27.1. The maximum atomic E-state index is 12.8. The molecule has 2 aromatic rings. The van der Waals surface area contributed by atoms with Crippen molar-refractivity contribution in [2.75, 3.05) is 6.54 Å². The summed E-state index contributed by atoms with van der Waals surface area (Å²) in [6.07, 6.45) is 3.16. The fraction of sp³-hybridized carbons (Fsp3) is 0.391. The van der Waals surface area contributed by atoms with Gasteiger partial charge in [-0.2, -0.15) is 0 Å². The van der Waals surface area contributed by atoms with Gasteiger partial charge < -0.3 is 5.32 Å². The number of rotatable bonds is 9. The van der Waals surface area contributed by atoms with E-state index < -0.39 is 16.1 Å². The van der Waals surface area contributed by atoms with E-state index in [4.69, 9.17) is 0 Å². The average Bonchev–Trinajstić information content (AvgIpc) is 3.01. The quantitative estimate of drug-likeness (QED) is 0.641. The highest BCUT2D eigenvalue weighted by Crippen LogP contribution is 2.23. The number of amidine groups is 1. The topological polar surface area (TPSA) is 87.6 Å². The van der Waals surface area contributed by atoms with Crippen molar-refractivity contribution < 1.29 is 13.2 Å². The first-order chi connectivity index (χ1) is 14.4. The van der Waals surface area contributed by atoms with Gasteiger partial charge in [-0.05, 0) is 36.5 Å². The molecule has 0 fully saturated rings. The molecule has 1 heterocycles. The van der Waals surface area contributed by atoms with Crippen molar-refractivity contribution in [3.63, 3.8) is 0 Å². The van der Waals surface area contributed by atoms with Crippen LogP contribution in [0.25, 0.3) is 0 Å². The number of unbranched alkanes of at least 4 members (excludes halogenated alkanes) is 1. The number of sulfonamides is 1. The number of carbonyl (C=O) groups excluding carboxylic acids is 1. The van der Waals surface area contributed by atoms with E-state index in [0.29, 0.717) is 24.4 Å². The van der Waals surface area contributed by atoms with Gasteiger partial charge in [-0.3, -0.25) is 14.5 Å². The SMILES string of the molecule is CCCCC(N=C1NS(=O)(=O)c2ccccc21)C(=O)NCCC(C)c1ccccc1. The van der Waals surface area contributed by atoms with Crippen LogP contribution < -0.4 is 10.0 Å². The second kappa shape index (κ2) is 9.89. The van der Waals surface area contributed by atoms with Crippen LogP contribution in [0.4, 0.5) is 0 Å². The number of amides is 1. The standard InChI is InChI=1S/C23H29N3O3S/c1-3-4-13-20(23(27)24-16-15-17(2)18-10-6-5-7-11-18)25-22-19-12-8-9-14-21(19)30(28,29)26-22/h5-12,14,17,20H,3-4,13,15-16H2,1-2H3,(H,24,27)(H,25,26). The number of nitrogens with zero attached hydrogens (tertiary/aromatic N) is 1. The molecule has 0 aromatic heterocycles. The van der Waals surface area contributed by atoms with E-state index in [1.807, 2.05) is 18.2 Å². The number of nitrogens with one attached hydrogen (secondary N) is 2. The minimum absolute atomic E-state index is 0.167. The van der Waals surface area contributed by atoms with Gasteiger partial charge in [-0.15, -0.1) is 0 Å². The second-order valence-electron chi connectivity index (χ2n) is 7.63. The molecule has 0 bridgehead atoms. The van der Waals surface area contributed by atoms with E-state index >= 15 is 0 Å². The second-order valence-corrected chi connectivity index (χ2v) is 9.28. The van der Waals surface area contributed by atoms with Crippen molar-refractivity contribution in [1.29, 1.82) is 0 Å². The molecule has 0 radical (unpaired) electrons. The third-order valence-electron chi connectivity index (χ3n) is 5.33. The van der Waals surface area contributed by atoms with Gasteiger partial charge in [-0.25, -0.2) is 8.42 Å². The molecular weight excluding hydrogens is 398 g/mol. The molecule has 2 aromatic carbocycles. The Bertz CT molecular complexity index is 1000. The molecule has 1 aliphatic rings. The van der Waals surface area contributed by atoms with Gasteiger partial charge >= 0.3 is 0 Å². The first kappa shape index (κ1) is 22.0. The molecule has 1 aliphatic heterocycles. The van der Waals surface area contributed by atoms with Gasteiger partial charge in [0, 0.05) is 12.1 Å². The number of benzene rings is 2. The predicted octanol–water partition coefficient (Wildman–Crippen LogP) is 3.59. The fourth-order valence-electron chi connectivity index (χ4n) is 3.52.